The third-order valence-electron chi connectivity index (χ3n) is 17.6. The van der Waals surface area contributed by atoms with Gasteiger partial charge in [-0.2, -0.15) is 5.10 Å². The van der Waals surface area contributed by atoms with E-state index < -0.39 is 12.1 Å². The molecule has 86 heavy (non-hydrogen) atoms. The molecule has 451 valence electrons. The van der Waals surface area contributed by atoms with Crippen molar-refractivity contribution in [2.45, 2.75) is 117 Å². The summed E-state index contributed by atoms with van der Waals surface area (Å²) >= 11 is 1.42. The largest absolute Gasteiger partial charge is 0.491 e. The van der Waals surface area contributed by atoms with Gasteiger partial charge >= 0.3 is 12.1 Å². The number of pyridine rings is 1. The summed E-state index contributed by atoms with van der Waals surface area (Å²) in [4.78, 5) is 90.0. The number of ether oxygens (including phenoxy) is 4. The molecule has 20 nitrogen and oxygen atoms in total. The number of imide groups is 1. The first-order valence-electron chi connectivity index (χ1n) is 29.7. The van der Waals surface area contributed by atoms with E-state index in [2.05, 4.69) is 35.5 Å². The van der Waals surface area contributed by atoms with Gasteiger partial charge in [-0.1, -0.05) is 68.0 Å². The Kier molecular flexibility index (Phi) is 17.5. The molecule has 1 radical (unpaired) electrons. The smallest absolute Gasteiger partial charge is 0.409 e. The monoisotopic (exact) mass is 1190 g/mol. The predicted octanol–water partition coefficient (Wildman–Crippen LogP) is 9.58. The highest BCUT2D eigenvalue weighted by atomic mass is 32.1. The second-order valence-electron chi connectivity index (χ2n) is 24.7. The summed E-state index contributed by atoms with van der Waals surface area (Å²) in [5, 5.41) is 22.0. The minimum absolute atomic E-state index is 0.00504. The van der Waals surface area contributed by atoms with E-state index in [4.69, 9.17) is 29.0 Å². The number of fused-ring (bicyclic) bond motifs is 2. The van der Waals surface area contributed by atoms with Crippen LogP contribution >= 0.6 is 11.3 Å². The second kappa shape index (κ2) is 25.1. The first kappa shape index (κ1) is 59.7. The topological polar surface area (TPSA) is 237 Å². The third-order valence-corrected chi connectivity index (χ3v) is 18.6. The highest BCUT2D eigenvalue weighted by molar-refractivity contribution is 7.22. The van der Waals surface area contributed by atoms with Crippen LogP contribution in [-0.2, 0) is 54.7 Å². The van der Waals surface area contributed by atoms with E-state index in [0.717, 1.165) is 72.0 Å². The molecule has 3 aromatic carbocycles. The first-order valence-corrected chi connectivity index (χ1v) is 30.5. The van der Waals surface area contributed by atoms with E-state index in [9.17, 15) is 33.9 Å². The average molecular weight is 1190 g/mol. The van der Waals surface area contributed by atoms with Crippen LogP contribution in [0.2, 0.25) is 0 Å². The van der Waals surface area contributed by atoms with Crippen LogP contribution in [0.1, 0.15) is 121 Å². The van der Waals surface area contributed by atoms with Crippen LogP contribution in [0.25, 0.3) is 21.3 Å². The SMILES string of the molecule is Cc1c(-c2ccc(N3CCc4cccc(C(=O)Nc5nc6ccccc6s5)c4C3)nc2C(=O)O)cnn1CC12CC3(C)CC(C)(C1)CC(OCCN(C)C(=O)OCc1cc[c]cc1OCCOCCNC(=O)CCCCCN1C(=O)C=CC1=O)(C3)C2. The fraction of sp³-hybridized carbons (Fsp3) is 0.462. The number of carboxylic acid groups (broad SMARTS) is 1. The minimum atomic E-state index is -1.14. The highest BCUT2D eigenvalue weighted by Crippen LogP contribution is 2.72. The molecule has 12 rings (SSSR count). The lowest BCUT2D eigenvalue weighted by molar-refractivity contribution is -0.248. The molecule has 2 atom stereocenters. The predicted molar refractivity (Wildman–Crippen MR) is 323 cm³/mol. The maximum absolute atomic E-state index is 13.8. The fourth-order valence-corrected chi connectivity index (χ4v) is 15.8. The van der Waals surface area contributed by atoms with Gasteiger partial charge in [0.1, 0.15) is 24.8 Å². The lowest BCUT2D eigenvalue weighted by atomic mass is 9.39. The summed E-state index contributed by atoms with van der Waals surface area (Å²) in [6.45, 7) is 10.6. The molecule has 4 aliphatic carbocycles. The Balaban J connectivity index is 0.650. The number of amides is 5. The number of benzene rings is 3. The number of hydrogen-bond donors (Lipinski definition) is 3. The minimum Gasteiger partial charge on any atom is -0.491 e. The molecule has 6 aromatic rings. The second-order valence-corrected chi connectivity index (χ2v) is 25.8. The number of carbonyl (C=O) groups excluding carboxylic acids is 5. The van der Waals surface area contributed by atoms with E-state index in [0.29, 0.717) is 117 Å². The molecule has 2 unspecified atom stereocenters. The number of anilines is 2. The van der Waals surface area contributed by atoms with Crippen LogP contribution in [0, 0.1) is 29.2 Å². The molecule has 3 N–H and O–H groups in total. The van der Waals surface area contributed by atoms with Crippen molar-refractivity contribution in [3.8, 4) is 16.9 Å². The summed E-state index contributed by atoms with van der Waals surface area (Å²) < 4.78 is 27.4. The number of aromatic nitrogens is 4. The number of carboxylic acids is 1. The number of aromatic carboxylic acids is 1. The molecule has 4 saturated carbocycles. The van der Waals surface area contributed by atoms with Crippen LogP contribution in [0.15, 0.2) is 91.1 Å². The van der Waals surface area contributed by atoms with E-state index in [-0.39, 0.29) is 71.0 Å². The van der Waals surface area contributed by atoms with Gasteiger partial charge in [0.2, 0.25) is 5.91 Å². The fourth-order valence-electron chi connectivity index (χ4n) is 14.9. The van der Waals surface area contributed by atoms with Crippen molar-refractivity contribution in [3.63, 3.8) is 0 Å². The normalized spacial score (nSPS) is 21.9. The number of nitrogens with zero attached hydrogens (tertiary/aromatic N) is 7. The van der Waals surface area contributed by atoms with E-state index >= 15 is 0 Å². The number of rotatable bonds is 26. The average Bonchev–Trinajstić information content (AvgIpc) is 0.882. The maximum atomic E-state index is 13.8. The number of carbonyl (C=O) groups is 6. The van der Waals surface area contributed by atoms with Gasteiger partial charge < -0.3 is 39.2 Å². The van der Waals surface area contributed by atoms with Crippen LogP contribution in [0.4, 0.5) is 15.7 Å². The lowest BCUT2D eigenvalue weighted by Crippen LogP contribution is -2.64. The molecule has 4 fully saturated rings. The molecule has 21 heteroatoms. The Bertz CT molecular complexity index is 3530. The lowest BCUT2D eigenvalue weighted by Gasteiger charge is -2.69. The number of para-hydroxylation sites is 1. The van der Waals surface area contributed by atoms with Gasteiger partial charge in [0.05, 0.1) is 41.8 Å². The van der Waals surface area contributed by atoms with Gasteiger partial charge in [-0.05, 0) is 135 Å². The van der Waals surface area contributed by atoms with Gasteiger partial charge in [-0.25, -0.2) is 19.6 Å². The van der Waals surface area contributed by atoms with Crippen molar-refractivity contribution in [2.24, 2.45) is 16.2 Å². The zero-order valence-electron chi connectivity index (χ0n) is 49.3. The van der Waals surface area contributed by atoms with Crippen molar-refractivity contribution < 1.29 is 52.8 Å². The summed E-state index contributed by atoms with van der Waals surface area (Å²) in [5.41, 5.74) is 5.60. The van der Waals surface area contributed by atoms with E-state index in [1.807, 2.05) is 71.1 Å². The van der Waals surface area contributed by atoms with Crippen molar-refractivity contribution in [1.29, 1.82) is 0 Å². The Morgan fingerprint density at radius 1 is 0.860 bits per heavy atom. The van der Waals surface area contributed by atoms with Crippen LogP contribution in [-0.4, -0.2) is 136 Å². The molecule has 4 bridgehead atoms. The van der Waals surface area contributed by atoms with Crippen molar-refractivity contribution in [1.82, 2.24) is 34.9 Å². The zero-order chi connectivity index (χ0) is 60.2. The summed E-state index contributed by atoms with van der Waals surface area (Å²) in [6, 6.07) is 25.5. The third kappa shape index (κ3) is 13.3. The number of hydrogen-bond acceptors (Lipinski definition) is 15. The number of thiazole rings is 1. The number of unbranched alkanes of at least 4 members (excludes halogenated alkanes) is 2. The maximum Gasteiger partial charge on any atom is 0.409 e. The summed E-state index contributed by atoms with van der Waals surface area (Å²) in [6.07, 6.45) is 12.7. The molecule has 2 aliphatic heterocycles. The molecule has 3 aromatic heterocycles. The molecular weight excluding hydrogens is 1110 g/mol. The Morgan fingerprint density at radius 3 is 2.45 bits per heavy atom. The Labute approximate surface area is 504 Å². The zero-order valence-corrected chi connectivity index (χ0v) is 50.1. The van der Waals surface area contributed by atoms with Gasteiger partial charge in [-0.15, -0.1) is 0 Å². The number of likely N-dealkylation sites (N-methyl/N-ethyl adjacent to an activating group) is 1. The van der Waals surface area contributed by atoms with Crippen molar-refractivity contribution in [3.05, 3.63) is 131 Å². The van der Waals surface area contributed by atoms with Crippen molar-refractivity contribution in [2.75, 3.05) is 69.9 Å². The van der Waals surface area contributed by atoms with Crippen molar-refractivity contribution >= 4 is 68.2 Å². The van der Waals surface area contributed by atoms with Crippen LogP contribution < -0.4 is 20.3 Å². The first-order chi connectivity index (χ1) is 41.4. The van der Waals surface area contributed by atoms with Gasteiger partial charge in [0.25, 0.3) is 17.7 Å². The van der Waals surface area contributed by atoms with Crippen LogP contribution in [0.3, 0.4) is 0 Å². The standard InChI is InChI=1S/C65H74N9O11S/c1-43-48(46-20-21-53(69-57(46)59(79)80)72-27-24-44-14-12-15-47(49(44)34-72)58(78)70-60-68-50-16-8-10-18-52(50)86-60)33-67-74(43)42-64-37-62(2)36-63(3,38-64)40-65(39-62,41-64)85-30-28-71(4)61(81)84-35-45-13-7-9-17-51(45)83-32-31-82-29-25-66-54(75)19-6-5-11-26-73-55(76)22-23-56(73)77/h7-8,10,12-18,20-23,33H,5-6,11,19,24-32,34-42H2,1-4H3,(H,66,75)(H,79,80)(H,68,70,78). The van der Waals surface area contributed by atoms with E-state index in [1.54, 1.807) is 31.4 Å². The molecule has 0 saturated heterocycles. The highest BCUT2D eigenvalue weighted by Gasteiger charge is 2.66. The summed E-state index contributed by atoms with van der Waals surface area (Å²) in [7, 11) is 1.71. The quantitative estimate of drug-likeness (QED) is 0.0339. The number of nitrogens with one attached hydrogen (secondary N) is 2. The molecule has 5 heterocycles. The van der Waals surface area contributed by atoms with Gasteiger partial charge in [0, 0.05) is 92.8 Å². The Morgan fingerprint density at radius 2 is 1.66 bits per heavy atom. The van der Waals surface area contributed by atoms with E-state index in [1.165, 1.54) is 33.3 Å². The summed E-state index contributed by atoms with van der Waals surface area (Å²) in [5.74, 6) is -1.02. The molecule has 0 spiro atoms. The van der Waals surface area contributed by atoms with Crippen LogP contribution in [0.5, 0.6) is 5.75 Å². The van der Waals surface area contributed by atoms with Gasteiger partial charge in [-0.3, -0.25) is 34.1 Å². The molecule has 5 amide bonds. The van der Waals surface area contributed by atoms with Gasteiger partial charge in [0.15, 0.2) is 10.8 Å². The Hall–Kier alpha value is -8.01. The molecular formula is C65H74N9O11S. The molecule has 6 aliphatic rings.